The molecule has 0 atom stereocenters. The van der Waals surface area contributed by atoms with Gasteiger partial charge in [-0.2, -0.15) is 0 Å². The normalized spacial score (nSPS) is 10.5. The Morgan fingerprint density at radius 1 is 0.957 bits per heavy atom. The first kappa shape index (κ1) is 17.0. The molecule has 0 heterocycles. The van der Waals surface area contributed by atoms with E-state index in [-0.39, 0.29) is 0 Å². The number of hydrogen-bond donors (Lipinski definition) is 0. The van der Waals surface area contributed by atoms with Crippen LogP contribution in [0.15, 0.2) is 80.1 Å². The number of hydrogen-bond acceptors (Lipinski definition) is 2. The molecule has 0 aliphatic heterocycles. The van der Waals surface area contributed by atoms with Crippen molar-refractivity contribution in [1.82, 2.24) is 4.90 Å². The average Bonchev–Trinajstić information content (AvgIpc) is 2.61. The van der Waals surface area contributed by atoms with E-state index in [0.717, 1.165) is 26.1 Å². The summed E-state index contributed by atoms with van der Waals surface area (Å²) in [4.78, 5) is 2.40. The van der Waals surface area contributed by atoms with Crippen LogP contribution in [0.1, 0.15) is 17.5 Å². The molecule has 0 aliphatic carbocycles. The van der Waals surface area contributed by atoms with Crippen LogP contribution in [-0.2, 0) is 11.3 Å². The van der Waals surface area contributed by atoms with Crippen molar-refractivity contribution in [3.05, 3.63) is 91.2 Å². The molecule has 0 amide bonds. The van der Waals surface area contributed by atoms with E-state index in [9.17, 15) is 0 Å². The van der Waals surface area contributed by atoms with Gasteiger partial charge in [0.1, 0.15) is 0 Å². The number of nitrogens with zero attached hydrogens (tertiary/aromatic N) is 1. The van der Waals surface area contributed by atoms with E-state index in [0.29, 0.717) is 6.61 Å². The topological polar surface area (TPSA) is 12.5 Å². The van der Waals surface area contributed by atoms with Crippen molar-refractivity contribution in [2.24, 2.45) is 0 Å². The SMILES string of the molecule is C=COCCN(CCC(=C)c1ccccc1)Cc1ccccc1. The average molecular weight is 307 g/mol. The second-order valence-corrected chi connectivity index (χ2v) is 5.52. The molecule has 120 valence electrons. The Morgan fingerprint density at radius 3 is 2.26 bits per heavy atom. The lowest BCUT2D eigenvalue weighted by Crippen LogP contribution is -2.28. The highest BCUT2D eigenvalue weighted by atomic mass is 16.5. The van der Waals surface area contributed by atoms with Crippen molar-refractivity contribution in [2.45, 2.75) is 13.0 Å². The second kappa shape index (κ2) is 9.65. The first-order chi connectivity index (χ1) is 11.3. The first-order valence-corrected chi connectivity index (χ1v) is 8.01. The Labute approximate surface area is 139 Å². The number of benzene rings is 2. The summed E-state index contributed by atoms with van der Waals surface area (Å²) in [6, 6.07) is 20.9. The van der Waals surface area contributed by atoms with E-state index in [1.165, 1.54) is 23.0 Å². The molecule has 0 aromatic heterocycles. The molecule has 0 unspecified atom stereocenters. The summed E-state index contributed by atoms with van der Waals surface area (Å²) < 4.78 is 5.29. The zero-order chi connectivity index (χ0) is 16.3. The van der Waals surface area contributed by atoms with Crippen LogP contribution in [0.25, 0.3) is 5.57 Å². The van der Waals surface area contributed by atoms with Crippen LogP contribution in [-0.4, -0.2) is 24.6 Å². The zero-order valence-electron chi connectivity index (χ0n) is 13.7. The monoisotopic (exact) mass is 307 g/mol. The van der Waals surface area contributed by atoms with Crippen LogP contribution >= 0.6 is 0 Å². The summed E-state index contributed by atoms with van der Waals surface area (Å²) in [5.41, 5.74) is 3.71. The molecule has 0 N–H and O–H groups in total. The van der Waals surface area contributed by atoms with Gasteiger partial charge < -0.3 is 4.74 Å². The highest BCUT2D eigenvalue weighted by Crippen LogP contribution is 2.16. The molecule has 23 heavy (non-hydrogen) atoms. The van der Waals surface area contributed by atoms with Gasteiger partial charge in [-0.25, -0.2) is 0 Å². The maximum absolute atomic E-state index is 5.29. The molecule has 0 fully saturated rings. The fourth-order valence-corrected chi connectivity index (χ4v) is 2.49. The van der Waals surface area contributed by atoms with Crippen molar-refractivity contribution in [2.75, 3.05) is 19.7 Å². The maximum Gasteiger partial charge on any atom is 0.0999 e. The molecule has 2 aromatic carbocycles. The molecular weight excluding hydrogens is 282 g/mol. The van der Waals surface area contributed by atoms with Crippen molar-refractivity contribution < 1.29 is 4.74 Å². The van der Waals surface area contributed by atoms with E-state index < -0.39 is 0 Å². The third-order valence-electron chi connectivity index (χ3n) is 3.80. The van der Waals surface area contributed by atoms with Crippen molar-refractivity contribution >= 4 is 5.57 Å². The molecule has 2 aromatic rings. The Morgan fingerprint density at radius 2 is 1.61 bits per heavy atom. The molecule has 2 heteroatoms. The van der Waals surface area contributed by atoms with Gasteiger partial charge in [0, 0.05) is 19.6 Å². The smallest absolute Gasteiger partial charge is 0.0999 e. The van der Waals surface area contributed by atoms with Crippen LogP contribution in [0.2, 0.25) is 0 Å². The quantitative estimate of drug-likeness (QED) is 0.464. The molecule has 0 aliphatic rings. The minimum absolute atomic E-state index is 0.661. The molecule has 0 saturated heterocycles. The summed E-state index contributed by atoms with van der Waals surface area (Å²) in [5, 5.41) is 0. The number of rotatable bonds is 10. The van der Waals surface area contributed by atoms with E-state index in [4.69, 9.17) is 4.74 Å². The molecule has 2 rings (SSSR count). The summed E-state index contributed by atoms with van der Waals surface area (Å²) in [7, 11) is 0. The van der Waals surface area contributed by atoms with Gasteiger partial charge >= 0.3 is 0 Å². The summed E-state index contributed by atoms with van der Waals surface area (Å²) >= 11 is 0. The lowest BCUT2D eigenvalue weighted by molar-refractivity contribution is 0.175. The van der Waals surface area contributed by atoms with Crippen molar-refractivity contribution in [1.29, 1.82) is 0 Å². The minimum Gasteiger partial charge on any atom is -0.500 e. The van der Waals surface area contributed by atoms with Gasteiger partial charge in [-0.05, 0) is 23.1 Å². The Balaban J connectivity index is 1.91. The standard InChI is InChI=1S/C21H25NO/c1-3-23-17-16-22(18-20-10-6-4-7-11-20)15-14-19(2)21-12-8-5-9-13-21/h3-13H,1-2,14-18H2. The fourth-order valence-electron chi connectivity index (χ4n) is 2.49. The third kappa shape index (κ3) is 6.13. The predicted octanol–water partition coefficient (Wildman–Crippen LogP) is 4.75. The van der Waals surface area contributed by atoms with Gasteiger partial charge in [-0.3, -0.25) is 4.90 Å². The second-order valence-electron chi connectivity index (χ2n) is 5.52. The molecule has 2 nitrogen and oxygen atoms in total. The van der Waals surface area contributed by atoms with Crippen molar-refractivity contribution in [3.8, 4) is 0 Å². The van der Waals surface area contributed by atoms with Gasteiger partial charge in [0.15, 0.2) is 0 Å². The summed E-state index contributed by atoms with van der Waals surface area (Å²) in [5.74, 6) is 0. The third-order valence-corrected chi connectivity index (χ3v) is 3.80. The van der Waals surface area contributed by atoms with Gasteiger partial charge in [0.25, 0.3) is 0 Å². The molecule has 0 bridgehead atoms. The molecule has 0 spiro atoms. The lowest BCUT2D eigenvalue weighted by atomic mass is 10.0. The van der Waals surface area contributed by atoms with Crippen LogP contribution in [0.5, 0.6) is 0 Å². The van der Waals surface area contributed by atoms with E-state index in [1.54, 1.807) is 0 Å². The zero-order valence-corrected chi connectivity index (χ0v) is 13.7. The summed E-state index contributed by atoms with van der Waals surface area (Å²) in [6.45, 7) is 11.2. The van der Waals surface area contributed by atoms with Gasteiger partial charge in [-0.15, -0.1) is 0 Å². The van der Waals surface area contributed by atoms with E-state index in [2.05, 4.69) is 66.6 Å². The Kier molecular flexibility index (Phi) is 7.15. The number of ether oxygens (including phenoxy) is 1. The Bertz CT molecular complexity index is 592. The maximum atomic E-state index is 5.29. The van der Waals surface area contributed by atoms with Crippen LogP contribution in [0.3, 0.4) is 0 Å². The van der Waals surface area contributed by atoms with E-state index >= 15 is 0 Å². The minimum atomic E-state index is 0.661. The Hall–Kier alpha value is -2.32. The highest BCUT2D eigenvalue weighted by molar-refractivity contribution is 5.63. The van der Waals surface area contributed by atoms with Crippen LogP contribution < -0.4 is 0 Å². The first-order valence-electron chi connectivity index (χ1n) is 8.01. The largest absolute Gasteiger partial charge is 0.500 e. The lowest BCUT2D eigenvalue weighted by Gasteiger charge is -2.22. The van der Waals surface area contributed by atoms with Crippen LogP contribution in [0.4, 0.5) is 0 Å². The van der Waals surface area contributed by atoms with Crippen LogP contribution in [0, 0.1) is 0 Å². The predicted molar refractivity (Wildman–Crippen MR) is 98.0 cm³/mol. The van der Waals surface area contributed by atoms with Gasteiger partial charge in [-0.1, -0.05) is 73.8 Å². The summed E-state index contributed by atoms with van der Waals surface area (Å²) in [6.07, 6.45) is 2.45. The van der Waals surface area contributed by atoms with Gasteiger partial charge in [0.2, 0.25) is 0 Å². The van der Waals surface area contributed by atoms with Crippen molar-refractivity contribution in [3.63, 3.8) is 0 Å². The fraction of sp³-hybridized carbons (Fsp3) is 0.238. The molecular formula is C21H25NO. The molecule has 0 radical (unpaired) electrons. The molecule has 0 saturated carbocycles. The highest BCUT2D eigenvalue weighted by Gasteiger charge is 2.08. The van der Waals surface area contributed by atoms with E-state index in [1.807, 2.05) is 12.1 Å². The van der Waals surface area contributed by atoms with Gasteiger partial charge in [0.05, 0.1) is 12.9 Å².